The fourth-order valence-corrected chi connectivity index (χ4v) is 2.36. The number of nitrogens with one attached hydrogen (secondary N) is 2. The van der Waals surface area contributed by atoms with Crippen molar-refractivity contribution in [2.24, 2.45) is 0 Å². The van der Waals surface area contributed by atoms with Crippen molar-refractivity contribution in [3.63, 3.8) is 0 Å². The topological polar surface area (TPSA) is 50.4 Å². The van der Waals surface area contributed by atoms with Gasteiger partial charge in [0.1, 0.15) is 5.75 Å². The second-order valence-corrected chi connectivity index (χ2v) is 6.21. The molecular formula is C18H27F3N2O2. The van der Waals surface area contributed by atoms with Crippen LogP contribution in [0.2, 0.25) is 0 Å². The Bertz CT molecular complexity index is 535. The van der Waals surface area contributed by atoms with Gasteiger partial charge in [-0.15, -0.1) is 0 Å². The second-order valence-electron chi connectivity index (χ2n) is 6.21. The van der Waals surface area contributed by atoms with Gasteiger partial charge < -0.3 is 15.4 Å². The van der Waals surface area contributed by atoms with Crippen molar-refractivity contribution >= 4 is 6.03 Å². The van der Waals surface area contributed by atoms with E-state index in [4.69, 9.17) is 4.74 Å². The van der Waals surface area contributed by atoms with Crippen LogP contribution in [0.4, 0.5) is 18.0 Å². The van der Waals surface area contributed by atoms with Crippen LogP contribution < -0.4 is 15.4 Å². The van der Waals surface area contributed by atoms with Gasteiger partial charge in [-0.3, -0.25) is 0 Å². The SMILES string of the molecule is CCCCCC(C)NC(=O)NC(C)c1cccc(OCC(F)(F)F)c1. The van der Waals surface area contributed by atoms with Crippen molar-refractivity contribution in [2.45, 2.75) is 64.7 Å². The lowest BCUT2D eigenvalue weighted by Crippen LogP contribution is -2.41. The average molecular weight is 360 g/mol. The van der Waals surface area contributed by atoms with Crippen LogP contribution in [0.25, 0.3) is 0 Å². The molecule has 0 heterocycles. The normalized spacial score (nSPS) is 13.8. The molecule has 0 saturated carbocycles. The monoisotopic (exact) mass is 360 g/mol. The van der Waals surface area contributed by atoms with Crippen LogP contribution in [0.5, 0.6) is 5.75 Å². The van der Waals surface area contributed by atoms with E-state index in [9.17, 15) is 18.0 Å². The molecule has 1 aromatic carbocycles. The maximum absolute atomic E-state index is 12.2. The van der Waals surface area contributed by atoms with Gasteiger partial charge in [-0.2, -0.15) is 13.2 Å². The van der Waals surface area contributed by atoms with E-state index in [0.717, 1.165) is 25.7 Å². The standard InChI is InChI=1S/C18H27F3N2O2/c1-4-5-6-8-13(2)22-17(24)23-14(3)15-9-7-10-16(11-15)25-12-18(19,20)21/h7,9-11,13-14H,4-6,8,12H2,1-3H3,(H2,22,23,24). The summed E-state index contributed by atoms with van der Waals surface area (Å²) in [5, 5.41) is 5.66. The minimum absolute atomic E-state index is 0.0696. The molecule has 0 aliphatic carbocycles. The number of urea groups is 1. The lowest BCUT2D eigenvalue weighted by molar-refractivity contribution is -0.153. The molecule has 1 rings (SSSR count). The molecule has 0 saturated heterocycles. The van der Waals surface area contributed by atoms with Gasteiger partial charge in [-0.25, -0.2) is 4.79 Å². The summed E-state index contributed by atoms with van der Waals surface area (Å²) in [5.41, 5.74) is 0.675. The Kier molecular flexibility index (Phi) is 8.58. The summed E-state index contributed by atoms with van der Waals surface area (Å²) in [5.74, 6) is 0.122. The minimum atomic E-state index is -4.38. The second kappa shape index (κ2) is 10.2. The predicted molar refractivity (Wildman–Crippen MR) is 91.7 cm³/mol. The van der Waals surface area contributed by atoms with Crippen LogP contribution in [0.3, 0.4) is 0 Å². The zero-order chi connectivity index (χ0) is 18.9. The van der Waals surface area contributed by atoms with Crippen molar-refractivity contribution in [3.05, 3.63) is 29.8 Å². The first kappa shape index (κ1) is 21.1. The number of amides is 2. The molecule has 0 spiro atoms. The molecular weight excluding hydrogens is 333 g/mol. The summed E-state index contributed by atoms with van der Waals surface area (Å²) in [4.78, 5) is 12.0. The molecule has 25 heavy (non-hydrogen) atoms. The van der Waals surface area contributed by atoms with Crippen LogP contribution in [0, 0.1) is 0 Å². The highest BCUT2D eigenvalue weighted by Crippen LogP contribution is 2.22. The lowest BCUT2D eigenvalue weighted by atomic mass is 10.1. The summed E-state index contributed by atoms with van der Waals surface area (Å²) in [6.07, 6.45) is -0.145. The Morgan fingerprint density at radius 1 is 1.20 bits per heavy atom. The number of unbranched alkanes of at least 4 members (excludes halogenated alkanes) is 2. The fraction of sp³-hybridized carbons (Fsp3) is 0.611. The zero-order valence-corrected chi connectivity index (χ0v) is 15.0. The van der Waals surface area contributed by atoms with Gasteiger partial charge in [0.2, 0.25) is 0 Å². The number of halogens is 3. The molecule has 2 unspecified atom stereocenters. The summed E-state index contributed by atoms with van der Waals surface area (Å²) < 4.78 is 41.4. The number of alkyl halides is 3. The third kappa shape index (κ3) is 9.22. The Balaban J connectivity index is 2.50. The molecule has 0 aromatic heterocycles. The molecule has 0 radical (unpaired) electrons. The maximum atomic E-state index is 12.2. The smallest absolute Gasteiger partial charge is 0.422 e. The van der Waals surface area contributed by atoms with Crippen LogP contribution in [0.15, 0.2) is 24.3 Å². The van der Waals surface area contributed by atoms with Crippen molar-refractivity contribution in [1.82, 2.24) is 10.6 Å². The van der Waals surface area contributed by atoms with Gasteiger partial charge in [0, 0.05) is 6.04 Å². The van der Waals surface area contributed by atoms with E-state index in [1.165, 1.54) is 12.1 Å². The molecule has 0 aliphatic rings. The van der Waals surface area contributed by atoms with Crippen LogP contribution in [0.1, 0.15) is 58.1 Å². The van der Waals surface area contributed by atoms with Crippen LogP contribution in [-0.2, 0) is 0 Å². The third-order valence-corrected chi connectivity index (χ3v) is 3.73. The zero-order valence-electron chi connectivity index (χ0n) is 15.0. The molecule has 0 aliphatic heterocycles. The molecule has 4 nitrogen and oxygen atoms in total. The minimum Gasteiger partial charge on any atom is -0.484 e. The summed E-state index contributed by atoms with van der Waals surface area (Å²) in [7, 11) is 0. The number of rotatable bonds is 9. The van der Waals surface area contributed by atoms with E-state index in [1.807, 2.05) is 6.92 Å². The molecule has 0 bridgehead atoms. The third-order valence-electron chi connectivity index (χ3n) is 3.73. The molecule has 1 aromatic rings. The summed E-state index contributed by atoms with van der Waals surface area (Å²) >= 11 is 0. The number of benzene rings is 1. The van der Waals surface area contributed by atoms with Crippen molar-refractivity contribution in [3.8, 4) is 5.75 Å². The quantitative estimate of drug-likeness (QED) is 0.612. The molecule has 142 valence electrons. The van der Waals surface area contributed by atoms with Crippen LogP contribution in [-0.4, -0.2) is 24.9 Å². The number of carbonyl (C=O) groups excluding carboxylic acids is 1. The van der Waals surface area contributed by atoms with Gasteiger partial charge in [0.15, 0.2) is 6.61 Å². The van der Waals surface area contributed by atoms with Gasteiger partial charge >= 0.3 is 12.2 Å². The van der Waals surface area contributed by atoms with E-state index in [-0.39, 0.29) is 23.9 Å². The van der Waals surface area contributed by atoms with E-state index >= 15 is 0 Å². The largest absolute Gasteiger partial charge is 0.484 e. The Hall–Kier alpha value is -1.92. The first-order valence-corrected chi connectivity index (χ1v) is 8.57. The molecule has 2 amide bonds. The number of hydrogen-bond donors (Lipinski definition) is 2. The Labute approximate surface area is 147 Å². The maximum Gasteiger partial charge on any atom is 0.422 e. The average Bonchev–Trinajstić information content (AvgIpc) is 2.52. The molecule has 7 heteroatoms. The number of ether oxygens (including phenoxy) is 1. The fourth-order valence-electron chi connectivity index (χ4n) is 2.36. The summed E-state index contributed by atoms with van der Waals surface area (Å²) in [6, 6.07) is 5.72. The first-order chi connectivity index (χ1) is 11.7. The highest BCUT2D eigenvalue weighted by atomic mass is 19.4. The van der Waals surface area contributed by atoms with Crippen molar-refractivity contribution in [1.29, 1.82) is 0 Å². The number of carbonyl (C=O) groups is 1. The van der Waals surface area contributed by atoms with Crippen molar-refractivity contribution in [2.75, 3.05) is 6.61 Å². The van der Waals surface area contributed by atoms with Gasteiger partial charge in [0.25, 0.3) is 0 Å². The van der Waals surface area contributed by atoms with Gasteiger partial charge in [0.05, 0.1) is 6.04 Å². The molecule has 2 atom stereocenters. The lowest BCUT2D eigenvalue weighted by Gasteiger charge is -2.19. The van der Waals surface area contributed by atoms with E-state index in [0.29, 0.717) is 5.56 Å². The van der Waals surface area contributed by atoms with Crippen molar-refractivity contribution < 1.29 is 22.7 Å². The van der Waals surface area contributed by atoms with E-state index in [2.05, 4.69) is 17.6 Å². The molecule has 0 fully saturated rings. The Morgan fingerprint density at radius 2 is 1.92 bits per heavy atom. The van der Waals surface area contributed by atoms with E-state index in [1.54, 1.807) is 19.1 Å². The van der Waals surface area contributed by atoms with Gasteiger partial charge in [-0.05, 0) is 38.0 Å². The highest BCUT2D eigenvalue weighted by molar-refractivity contribution is 5.74. The van der Waals surface area contributed by atoms with Gasteiger partial charge in [-0.1, -0.05) is 38.3 Å². The first-order valence-electron chi connectivity index (χ1n) is 8.57. The van der Waals surface area contributed by atoms with E-state index < -0.39 is 12.8 Å². The predicted octanol–water partition coefficient (Wildman–Crippen LogP) is 4.96. The Morgan fingerprint density at radius 3 is 2.56 bits per heavy atom. The molecule has 2 N–H and O–H groups in total. The van der Waals surface area contributed by atoms with Crippen LogP contribution >= 0.6 is 0 Å². The number of hydrogen-bond acceptors (Lipinski definition) is 2. The summed E-state index contributed by atoms with van der Waals surface area (Å²) in [6.45, 7) is 4.50. The highest BCUT2D eigenvalue weighted by Gasteiger charge is 2.28.